The second-order valence-corrected chi connectivity index (χ2v) is 9.08. The van der Waals surface area contributed by atoms with Gasteiger partial charge in [0.15, 0.2) is 0 Å². The first-order valence-electron chi connectivity index (χ1n) is 10.6. The van der Waals surface area contributed by atoms with E-state index in [1.807, 2.05) is 52.0 Å². The second-order valence-electron chi connectivity index (χ2n) is 7.91. The minimum atomic E-state index is -0.517. The van der Waals surface area contributed by atoms with Crippen molar-refractivity contribution in [2.75, 3.05) is 5.75 Å². The van der Waals surface area contributed by atoms with Crippen LogP contribution in [-0.4, -0.2) is 34.6 Å². The molecule has 5 heteroatoms. The number of rotatable bonds is 10. The first-order valence-corrected chi connectivity index (χ1v) is 11.6. The summed E-state index contributed by atoms with van der Waals surface area (Å²) in [7, 11) is 0. The van der Waals surface area contributed by atoms with Crippen molar-refractivity contribution < 1.29 is 9.59 Å². The number of nitrogens with one attached hydrogen (secondary N) is 1. The smallest absolute Gasteiger partial charge is 0.242 e. The zero-order valence-electron chi connectivity index (χ0n) is 18.8. The van der Waals surface area contributed by atoms with E-state index in [2.05, 4.69) is 36.5 Å². The highest BCUT2D eigenvalue weighted by molar-refractivity contribution is 7.99. The molecular weight excluding hydrogens is 392 g/mol. The quantitative estimate of drug-likeness (QED) is 0.537. The van der Waals surface area contributed by atoms with Crippen LogP contribution in [0.5, 0.6) is 0 Å². The summed E-state index contributed by atoms with van der Waals surface area (Å²) in [5.41, 5.74) is 3.43. The molecule has 0 saturated heterocycles. The summed E-state index contributed by atoms with van der Waals surface area (Å²) in [6.07, 6.45) is 1.25. The van der Waals surface area contributed by atoms with Crippen molar-refractivity contribution in [3.63, 3.8) is 0 Å². The first kappa shape index (κ1) is 24.0. The summed E-state index contributed by atoms with van der Waals surface area (Å²) in [6, 6.07) is 16.0. The van der Waals surface area contributed by atoms with Crippen molar-refractivity contribution in [1.82, 2.24) is 10.2 Å². The Morgan fingerprint density at radius 2 is 1.53 bits per heavy atom. The normalized spacial score (nSPS) is 12.8. The van der Waals surface area contributed by atoms with E-state index >= 15 is 0 Å². The van der Waals surface area contributed by atoms with Crippen molar-refractivity contribution in [2.45, 2.75) is 71.0 Å². The molecule has 0 aliphatic heterocycles. The SMILES string of the molecule is CC[C@@H](C)NC(=O)[C@@H](C)N(Cc1ccc(C)cc1)C(=O)CCSc1ccc(C)cc1. The van der Waals surface area contributed by atoms with Crippen LogP contribution in [0, 0.1) is 13.8 Å². The van der Waals surface area contributed by atoms with Crippen molar-refractivity contribution in [1.29, 1.82) is 0 Å². The van der Waals surface area contributed by atoms with Crippen LogP contribution >= 0.6 is 11.8 Å². The molecule has 0 bridgehead atoms. The van der Waals surface area contributed by atoms with Gasteiger partial charge in [-0.3, -0.25) is 9.59 Å². The molecule has 4 nitrogen and oxygen atoms in total. The van der Waals surface area contributed by atoms with E-state index in [-0.39, 0.29) is 17.9 Å². The molecule has 2 aromatic rings. The highest BCUT2D eigenvalue weighted by Gasteiger charge is 2.26. The lowest BCUT2D eigenvalue weighted by atomic mass is 10.1. The Morgan fingerprint density at radius 3 is 2.10 bits per heavy atom. The fourth-order valence-electron chi connectivity index (χ4n) is 2.97. The molecule has 1 N–H and O–H groups in total. The number of carbonyl (C=O) groups is 2. The van der Waals surface area contributed by atoms with Gasteiger partial charge < -0.3 is 10.2 Å². The van der Waals surface area contributed by atoms with Crippen molar-refractivity contribution in [3.05, 3.63) is 65.2 Å². The average molecular weight is 427 g/mol. The summed E-state index contributed by atoms with van der Waals surface area (Å²) in [4.78, 5) is 28.7. The molecule has 0 fully saturated rings. The predicted molar refractivity (Wildman–Crippen MR) is 126 cm³/mol. The van der Waals surface area contributed by atoms with Crippen LogP contribution in [0.4, 0.5) is 0 Å². The Balaban J connectivity index is 2.06. The topological polar surface area (TPSA) is 49.4 Å². The third-order valence-electron chi connectivity index (χ3n) is 5.25. The zero-order valence-corrected chi connectivity index (χ0v) is 19.6. The van der Waals surface area contributed by atoms with Gasteiger partial charge in [0.1, 0.15) is 6.04 Å². The van der Waals surface area contributed by atoms with Gasteiger partial charge in [-0.1, -0.05) is 54.4 Å². The molecule has 162 valence electrons. The van der Waals surface area contributed by atoms with Gasteiger partial charge in [-0.15, -0.1) is 11.8 Å². The van der Waals surface area contributed by atoms with Crippen LogP contribution in [0.15, 0.2) is 53.4 Å². The molecule has 2 atom stereocenters. The van der Waals surface area contributed by atoms with E-state index in [0.717, 1.165) is 16.9 Å². The van der Waals surface area contributed by atoms with Crippen LogP contribution in [0.3, 0.4) is 0 Å². The van der Waals surface area contributed by atoms with Crippen LogP contribution in [0.2, 0.25) is 0 Å². The number of hydrogen-bond acceptors (Lipinski definition) is 3. The molecule has 2 aromatic carbocycles. The molecule has 0 spiro atoms. The third-order valence-corrected chi connectivity index (χ3v) is 6.26. The molecule has 0 aliphatic rings. The lowest BCUT2D eigenvalue weighted by Crippen LogP contribution is -2.49. The molecule has 0 unspecified atom stereocenters. The molecule has 2 amide bonds. The number of amides is 2. The van der Waals surface area contributed by atoms with Crippen LogP contribution < -0.4 is 5.32 Å². The van der Waals surface area contributed by atoms with Gasteiger partial charge in [-0.25, -0.2) is 0 Å². The van der Waals surface area contributed by atoms with Crippen molar-refractivity contribution in [2.24, 2.45) is 0 Å². The van der Waals surface area contributed by atoms with E-state index in [0.29, 0.717) is 18.7 Å². The van der Waals surface area contributed by atoms with Gasteiger partial charge in [0.25, 0.3) is 0 Å². The summed E-state index contributed by atoms with van der Waals surface area (Å²) < 4.78 is 0. The number of thioether (sulfide) groups is 1. The van der Waals surface area contributed by atoms with Gasteiger partial charge in [-0.05, 0) is 51.8 Å². The van der Waals surface area contributed by atoms with Gasteiger partial charge in [0, 0.05) is 29.7 Å². The third kappa shape index (κ3) is 7.52. The Hall–Kier alpha value is -2.27. The van der Waals surface area contributed by atoms with E-state index in [1.54, 1.807) is 16.7 Å². The summed E-state index contributed by atoms with van der Waals surface area (Å²) >= 11 is 1.67. The van der Waals surface area contributed by atoms with Crippen LogP contribution in [0.1, 0.15) is 50.3 Å². The van der Waals surface area contributed by atoms with E-state index in [1.165, 1.54) is 11.1 Å². The van der Waals surface area contributed by atoms with Gasteiger partial charge in [0.2, 0.25) is 11.8 Å². The fourth-order valence-corrected chi connectivity index (χ4v) is 3.81. The zero-order chi connectivity index (χ0) is 22.1. The fraction of sp³-hybridized carbons (Fsp3) is 0.440. The average Bonchev–Trinajstić information content (AvgIpc) is 2.74. The van der Waals surface area contributed by atoms with Crippen LogP contribution in [-0.2, 0) is 16.1 Å². The van der Waals surface area contributed by atoms with E-state index in [4.69, 9.17) is 0 Å². The minimum absolute atomic E-state index is 0.00184. The standard InChI is InChI=1S/C25H34N2O2S/c1-6-20(4)26-25(29)21(5)27(17-22-11-7-18(2)8-12-22)24(28)15-16-30-23-13-9-19(3)10-14-23/h7-14,20-21H,6,15-17H2,1-5H3,(H,26,29)/t20-,21-/m1/s1. The Labute approximate surface area is 185 Å². The molecule has 0 saturated carbocycles. The largest absolute Gasteiger partial charge is 0.352 e. The molecule has 30 heavy (non-hydrogen) atoms. The van der Waals surface area contributed by atoms with Gasteiger partial charge in [0.05, 0.1) is 0 Å². The maximum Gasteiger partial charge on any atom is 0.242 e. The number of benzene rings is 2. The molecule has 0 aliphatic carbocycles. The first-order chi connectivity index (χ1) is 14.3. The molecule has 0 heterocycles. The lowest BCUT2D eigenvalue weighted by Gasteiger charge is -2.29. The maximum absolute atomic E-state index is 13.1. The minimum Gasteiger partial charge on any atom is -0.352 e. The molecular formula is C25H34N2O2S. The van der Waals surface area contributed by atoms with E-state index < -0.39 is 6.04 Å². The summed E-state index contributed by atoms with van der Waals surface area (Å²) in [5.74, 6) is 0.587. The van der Waals surface area contributed by atoms with Crippen molar-refractivity contribution >= 4 is 23.6 Å². The number of hydrogen-bond donors (Lipinski definition) is 1. The number of nitrogens with zero attached hydrogens (tertiary/aromatic N) is 1. The molecule has 0 radical (unpaired) electrons. The van der Waals surface area contributed by atoms with E-state index in [9.17, 15) is 9.59 Å². The Bertz CT molecular complexity index is 818. The highest BCUT2D eigenvalue weighted by Crippen LogP contribution is 2.20. The number of aryl methyl sites for hydroxylation is 2. The van der Waals surface area contributed by atoms with Gasteiger partial charge >= 0.3 is 0 Å². The van der Waals surface area contributed by atoms with Crippen molar-refractivity contribution in [3.8, 4) is 0 Å². The maximum atomic E-state index is 13.1. The highest BCUT2D eigenvalue weighted by atomic mass is 32.2. The van der Waals surface area contributed by atoms with Gasteiger partial charge in [-0.2, -0.15) is 0 Å². The Morgan fingerprint density at radius 1 is 0.967 bits per heavy atom. The second kappa shape index (κ2) is 11.8. The molecule has 2 rings (SSSR count). The monoisotopic (exact) mass is 426 g/mol. The molecule has 0 aromatic heterocycles. The summed E-state index contributed by atoms with van der Waals surface area (Å²) in [5, 5.41) is 3.01. The Kier molecular flexibility index (Phi) is 9.44. The van der Waals surface area contributed by atoms with Crippen LogP contribution in [0.25, 0.3) is 0 Å². The lowest BCUT2D eigenvalue weighted by molar-refractivity contribution is -0.140. The predicted octanol–water partition coefficient (Wildman–Crippen LogP) is 5.12. The number of carbonyl (C=O) groups excluding carboxylic acids is 2. The summed E-state index contributed by atoms with van der Waals surface area (Å²) in [6.45, 7) is 10.4.